The smallest absolute Gasteiger partial charge is 0.251 e. The van der Waals surface area contributed by atoms with E-state index in [1.807, 2.05) is 11.0 Å². The number of hydrogen-bond donors (Lipinski definition) is 1. The van der Waals surface area contributed by atoms with Crippen LogP contribution in [0.4, 0.5) is 10.1 Å². The van der Waals surface area contributed by atoms with Gasteiger partial charge in [-0.1, -0.05) is 6.07 Å². The van der Waals surface area contributed by atoms with Crippen molar-refractivity contribution >= 4 is 11.6 Å². The molecule has 0 saturated carbocycles. The third-order valence-electron chi connectivity index (χ3n) is 3.39. The van der Waals surface area contributed by atoms with Gasteiger partial charge in [0.1, 0.15) is 23.6 Å². The van der Waals surface area contributed by atoms with E-state index in [2.05, 4.69) is 0 Å². The van der Waals surface area contributed by atoms with Gasteiger partial charge < -0.3 is 14.9 Å². The maximum absolute atomic E-state index is 13.6. The second-order valence-electron chi connectivity index (χ2n) is 4.73. The molecule has 1 aromatic rings. The molecule has 1 amide bonds. The summed E-state index contributed by atoms with van der Waals surface area (Å²) in [7, 11) is 0. The molecule has 20 heavy (non-hydrogen) atoms. The lowest BCUT2D eigenvalue weighted by Gasteiger charge is -2.36. The van der Waals surface area contributed by atoms with Crippen molar-refractivity contribution in [2.45, 2.75) is 13.0 Å². The molecule has 6 heteroatoms. The normalized spacial score (nSPS) is 16.7. The van der Waals surface area contributed by atoms with E-state index < -0.39 is 11.9 Å². The largest absolute Gasteiger partial charge is 0.384 e. The Balaban J connectivity index is 2.10. The predicted molar refractivity (Wildman–Crippen MR) is 71.6 cm³/mol. The fourth-order valence-electron chi connectivity index (χ4n) is 2.32. The van der Waals surface area contributed by atoms with E-state index in [4.69, 9.17) is 5.26 Å². The third-order valence-corrected chi connectivity index (χ3v) is 3.39. The standard InChI is InChI=1S/C14H16FN3O2/c1-10(19)14(20)18-7-5-17(6-8-18)13-4-2-3-12(15)11(13)9-16/h2-4,10,19H,5-8H2,1H3. The monoisotopic (exact) mass is 277 g/mol. The summed E-state index contributed by atoms with van der Waals surface area (Å²) in [4.78, 5) is 15.1. The second kappa shape index (κ2) is 5.88. The van der Waals surface area contributed by atoms with E-state index >= 15 is 0 Å². The maximum Gasteiger partial charge on any atom is 0.251 e. The highest BCUT2D eigenvalue weighted by Crippen LogP contribution is 2.23. The Labute approximate surface area is 116 Å². The first-order valence-electron chi connectivity index (χ1n) is 6.45. The van der Waals surface area contributed by atoms with Crippen LogP contribution in [0, 0.1) is 17.1 Å². The number of carbonyl (C=O) groups is 1. The molecule has 1 atom stereocenters. The van der Waals surface area contributed by atoms with Crippen LogP contribution >= 0.6 is 0 Å². The summed E-state index contributed by atoms with van der Waals surface area (Å²) in [6, 6.07) is 6.41. The van der Waals surface area contributed by atoms with Crippen LogP contribution in [-0.2, 0) is 4.79 Å². The number of piperazine rings is 1. The number of aliphatic hydroxyl groups excluding tert-OH is 1. The van der Waals surface area contributed by atoms with E-state index in [1.165, 1.54) is 13.0 Å². The molecule has 1 unspecified atom stereocenters. The molecule has 1 fully saturated rings. The van der Waals surface area contributed by atoms with E-state index in [9.17, 15) is 14.3 Å². The van der Waals surface area contributed by atoms with Gasteiger partial charge in [0.25, 0.3) is 5.91 Å². The first-order valence-corrected chi connectivity index (χ1v) is 6.45. The summed E-state index contributed by atoms with van der Waals surface area (Å²) >= 11 is 0. The van der Waals surface area contributed by atoms with Gasteiger partial charge in [-0.05, 0) is 19.1 Å². The van der Waals surface area contributed by atoms with Crippen LogP contribution in [-0.4, -0.2) is 48.2 Å². The number of nitrogens with zero attached hydrogens (tertiary/aromatic N) is 3. The predicted octanol–water partition coefficient (Wildman–Crippen LogP) is 0.727. The molecular weight excluding hydrogens is 261 g/mol. The summed E-state index contributed by atoms with van der Waals surface area (Å²) in [6.45, 7) is 3.36. The van der Waals surface area contributed by atoms with Crippen LogP contribution in [0.25, 0.3) is 0 Å². The van der Waals surface area contributed by atoms with E-state index in [1.54, 1.807) is 17.0 Å². The molecule has 1 aliphatic rings. The molecule has 0 bridgehead atoms. The van der Waals surface area contributed by atoms with Crippen molar-refractivity contribution in [1.29, 1.82) is 5.26 Å². The quantitative estimate of drug-likeness (QED) is 0.865. The Morgan fingerprint density at radius 3 is 2.60 bits per heavy atom. The van der Waals surface area contributed by atoms with Gasteiger partial charge in [-0.25, -0.2) is 4.39 Å². The van der Waals surface area contributed by atoms with Crippen LogP contribution in [0.15, 0.2) is 18.2 Å². The Morgan fingerprint density at radius 1 is 1.40 bits per heavy atom. The van der Waals surface area contributed by atoms with Crippen LogP contribution in [0.2, 0.25) is 0 Å². The number of nitriles is 1. The zero-order valence-electron chi connectivity index (χ0n) is 11.2. The third kappa shape index (κ3) is 2.73. The number of amides is 1. The highest BCUT2D eigenvalue weighted by molar-refractivity contribution is 5.80. The van der Waals surface area contributed by atoms with Crippen molar-refractivity contribution in [2.24, 2.45) is 0 Å². The fraction of sp³-hybridized carbons (Fsp3) is 0.429. The van der Waals surface area contributed by atoms with Gasteiger partial charge in [-0.3, -0.25) is 4.79 Å². The molecule has 106 valence electrons. The lowest BCUT2D eigenvalue weighted by molar-refractivity contribution is -0.139. The molecule has 0 radical (unpaired) electrons. The highest BCUT2D eigenvalue weighted by Gasteiger charge is 2.25. The van der Waals surface area contributed by atoms with E-state index in [0.29, 0.717) is 31.9 Å². The first kappa shape index (κ1) is 14.3. The van der Waals surface area contributed by atoms with Gasteiger partial charge in [0.05, 0.1) is 5.69 Å². The Morgan fingerprint density at radius 2 is 2.05 bits per heavy atom. The Hall–Kier alpha value is -2.13. The zero-order chi connectivity index (χ0) is 14.7. The molecule has 1 aliphatic heterocycles. The number of halogens is 1. The summed E-state index contributed by atoms with van der Waals surface area (Å²) in [5.74, 6) is -0.836. The molecule has 0 spiro atoms. The minimum Gasteiger partial charge on any atom is -0.384 e. The van der Waals surface area contributed by atoms with Gasteiger partial charge in [0.15, 0.2) is 0 Å². The lowest BCUT2D eigenvalue weighted by atomic mass is 10.1. The molecule has 1 heterocycles. The zero-order valence-corrected chi connectivity index (χ0v) is 11.2. The van der Waals surface area contributed by atoms with E-state index in [-0.39, 0.29) is 11.5 Å². The number of anilines is 1. The van der Waals surface area contributed by atoms with Crippen LogP contribution in [0.5, 0.6) is 0 Å². The highest BCUT2D eigenvalue weighted by atomic mass is 19.1. The van der Waals surface area contributed by atoms with Crippen molar-refractivity contribution in [3.05, 3.63) is 29.6 Å². The maximum atomic E-state index is 13.6. The number of rotatable bonds is 2. The van der Waals surface area contributed by atoms with Gasteiger partial charge in [-0.15, -0.1) is 0 Å². The SMILES string of the molecule is CC(O)C(=O)N1CCN(c2cccc(F)c2C#N)CC1. The van der Waals surface area contributed by atoms with Crippen molar-refractivity contribution in [2.75, 3.05) is 31.1 Å². The van der Waals surface area contributed by atoms with Crippen molar-refractivity contribution in [3.63, 3.8) is 0 Å². The summed E-state index contributed by atoms with van der Waals surface area (Å²) in [5, 5.41) is 18.3. The average Bonchev–Trinajstić information content (AvgIpc) is 2.46. The molecule has 1 N–H and O–H groups in total. The van der Waals surface area contributed by atoms with Crippen molar-refractivity contribution < 1.29 is 14.3 Å². The number of aliphatic hydroxyl groups is 1. The molecular formula is C14H16FN3O2. The Bertz CT molecular complexity index is 546. The van der Waals surface area contributed by atoms with Gasteiger partial charge in [0, 0.05) is 26.2 Å². The van der Waals surface area contributed by atoms with Crippen LogP contribution in [0.1, 0.15) is 12.5 Å². The summed E-state index contributed by atoms with van der Waals surface area (Å²) in [5.41, 5.74) is 0.583. The number of hydrogen-bond acceptors (Lipinski definition) is 4. The molecule has 0 aromatic heterocycles. The molecule has 1 aromatic carbocycles. The minimum atomic E-state index is -1.01. The lowest BCUT2D eigenvalue weighted by Crippen LogP contribution is -2.51. The van der Waals surface area contributed by atoms with Gasteiger partial charge in [-0.2, -0.15) is 5.26 Å². The topological polar surface area (TPSA) is 67.6 Å². The fourth-order valence-corrected chi connectivity index (χ4v) is 2.32. The Kier molecular flexibility index (Phi) is 4.20. The summed E-state index contributed by atoms with van der Waals surface area (Å²) < 4.78 is 13.6. The van der Waals surface area contributed by atoms with Crippen LogP contribution < -0.4 is 4.90 Å². The van der Waals surface area contributed by atoms with Gasteiger partial charge in [0.2, 0.25) is 0 Å². The summed E-state index contributed by atoms with van der Waals surface area (Å²) in [6.07, 6.45) is -1.01. The molecule has 0 aliphatic carbocycles. The number of benzene rings is 1. The van der Waals surface area contributed by atoms with E-state index in [0.717, 1.165) is 0 Å². The van der Waals surface area contributed by atoms with Crippen molar-refractivity contribution in [1.82, 2.24) is 4.90 Å². The van der Waals surface area contributed by atoms with Crippen LogP contribution in [0.3, 0.4) is 0 Å². The molecule has 2 rings (SSSR count). The molecule has 5 nitrogen and oxygen atoms in total. The average molecular weight is 277 g/mol. The number of carbonyl (C=O) groups excluding carboxylic acids is 1. The molecule has 1 saturated heterocycles. The second-order valence-corrected chi connectivity index (χ2v) is 4.73. The first-order chi connectivity index (χ1) is 9.54. The van der Waals surface area contributed by atoms with Crippen molar-refractivity contribution in [3.8, 4) is 6.07 Å². The minimum absolute atomic E-state index is 0.0304. The van der Waals surface area contributed by atoms with Gasteiger partial charge >= 0.3 is 0 Å².